The number of carbonyl (C=O) groups is 1. The van der Waals surface area contributed by atoms with Crippen LogP contribution in [0.15, 0.2) is 24.3 Å². The quantitative estimate of drug-likeness (QED) is 0.743. The molecule has 0 aromatic heterocycles. The van der Waals surface area contributed by atoms with Gasteiger partial charge in [-0.2, -0.15) is 0 Å². The normalized spacial score (nSPS) is 22.1. The van der Waals surface area contributed by atoms with Crippen LogP contribution in [0.25, 0.3) is 0 Å². The summed E-state index contributed by atoms with van der Waals surface area (Å²) in [6.07, 6.45) is 0.897. The highest BCUT2D eigenvalue weighted by Crippen LogP contribution is 2.28. The van der Waals surface area contributed by atoms with Crippen LogP contribution in [0.3, 0.4) is 0 Å². The smallest absolute Gasteiger partial charge is 0.236 e. The number of phenolic OH excluding ortho intramolecular Hbond substituents is 1. The first kappa shape index (κ1) is 13.8. The Morgan fingerprint density at radius 3 is 2.79 bits per heavy atom. The lowest BCUT2D eigenvalue weighted by Crippen LogP contribution is -2.57. The van der Waals surface area contributed by atoms with Crippen LogP contribution < -0.4 is 11.1 Å². The number of hydrogen-bond donors (Lipinski definition) is 3. The summed E-state index contributed by atoms with van der Waals surface area (Å²) in [4.78, 5) is 13.7. The molecule has 1 aromatic carbocycles. The number of rotatable bonds is 4. The van der Waals surface area contributed by atoms with Crippen molar-refractivity contribution < 1.29 is 9.90 Å². The van der Waals surface area contributed by atoms with E-state index in [1.165, 1.54) is 0 Å². The number of nitrogens with zero attached hydrogens (tertiary/aromatic N) is 1. The first-order valence-corrected chi connectivity index (χ1v) is 6.68. The van der Waals surface area contributed by atoms with Crippen LogP contribution in [0.5, 0.6) is 5.75 Å². The zero-order valence-electron chi connectivity index (χ0n) is 11.2. The highest BCUT2D eigenvalue weighted by atomic mass is 16.3. The molecular formula is C14H21N3O2. The van der Waals surface area contributed by atoms with E-state index in [9.17, 15) is 9.90 Å². The van der Waals surface area contributed by atoms with E-state index >= 15 is 0 Å². The van der Waals surface area contributed by atoms with Crippen LogP contribution in [0.4, 0.5) is 0 Å². The van der Waals surface area contributed by atoms with Gasteiger partial charge in [0.2, 0.25) is 5.91 Å². The van der Waals surface area contributed by atoms with Crippen molar-refractivity contribution in [3.8, 4) is 5.75 Å². The molecule has 1 aliphatic heterocycles. The van der Waals surface area contributed by atoms with Crippen LogP contribution in [0.1, 0.15) is 24.9 Å². The van der Waals surface area contributed by atoms with Crippen LogP contribution >= 0.6 is 0 Å². The number of nitrogens with two attached hydrogens (primary N) is 1. The molecule has 19 heavy (non-hydrogen) atoms. The zero-order valence-corrected chi connectivity index (χ0v) is 11.2. The summed E-state index contributed by atoms with van der Waals surface area (Å²) in [5.74, 6) is -0.0326. The second kappa shape index (κ2) is 6.04. The summed E-state index contributed by atoms with van der Waals surface area (Å²) in [6, 6.07) is 7.05. The maximum absolute atomic E-state index is 11.6. The Balaban J connectivity index is 2.24. The highest BCUT2D eigenvalue weighted by Gasteiger charge is 2.32. The van der Waals surface area contributed by atoms with Crippen molar-refractivity contribution >= 4 is 5.91 Å². The topological polar surface area (TPSA) is 78.6 Å². The molecule has 1 fully saturated rings. The molecule has 1 amide bonds. The molecule has 2 atom stereocenters. The van der Waals surface area contributed by atoms with Crippen molar-refractivity contribution in [3.63, 3.8) is 0 Å². The molecule has 0 saturated carbocycles. The Morgan fingerprint density at radius 2 is 2.21 bits per heavy atom. The average Bonchev–Trinajstić information content (AvgIpc) is 2.42. The molecule has 1 heterocycles. The van der Waals surface area contributed by atoms with Crippen molar-refractivity contribution in [2.45, 2.75) is 25.4 Å². The predicted molar refractivity (Wildman–Crippen MR) is 73.7 cm³/mol. The number of carbonyl (C=O) groups excluding carboxylic acids is 1. The summed E-state index contributed by atoms with van der Waals surface area (Å²) < 4.78 is 0. The SMILES string of the molecule is CCC(c1ccc(O)cc1)N1CCNCC1C(N)=O. The minimum absolute atomic E-state index is 0.153. The summed E-state index contributed by atoms with van der Waals surface area (Å²) >= 11 is 0. The molecule has 0 bridgehead atoms. The van der Waals surface area contributed by atoms with Gasteiger partial charge in [0.25, 0.3) is 0 Å². The maximum atomic E-state index is 11.6. The van der Waals surface area contributed by atoms with Gasteiger partial charge in [-0.25, -0.2) is 0 Å². The van der Waals surface area contributed by atoms with Gasteiger partial charge < -0.3 is 16.2 Å². The molecule has 5 nitrogen and oxygen atoms in total. The van der Waals surface area contributed by atoms with E-state index in [1.807, 2.05) is 12.1 Å². The van der Waals surface area contributed by atoms with Gasteiger partial charge in [-0.1, -0.05) is 19.1 Å². The molecule has 0 aliphatic carbocycles. The first-order chi connectivity index (χ1) is 9.13. The maximum Gasteiger partial charge on any atom is 0.236 e. The van der Waals surface area contributed by atoms with Crippen molar-refractivity contribution in [2.75, 3.05) is 19.6 Å². The van der Waals surface area contributed by atoms with E-state index in [1.54, 1.807) is 12.1 Å². The van der Waals surface area contributed by atoms with Gasteiger partial charge in [0.15, 0.2) is 0 Å². The van der Waals surface area contributed by atoms with Gasteiger partial charge in [0, 0.05) is 25.7 Å². The third-order valence-corrected chi connectivity index (χ3v) is 3.68. The lowest BCUT2D eigenvalue weighted by atomic mass is 9.99. The van der Waals surface area contributed by atoms with E-state index in [0.717, 1.165) is 25.1 Å². The predicted octanol–water partition coefficient (Wildman–Crippen LogP) is 0.602. The van der Waals surface area contributed by atoms with Crippen molar-refractivity contribution in [1.29, 1.82) is 0 Å². The summed E-state index contributed by atoms with van der Waals surface area (Å²) in [5, 5.41) is 12.6. The standard InChI is InChI=1S/C14H21N3O2/c1-2-12(10-3-5-11(18)6-4-10)17-8-7-16-9-13(17)14(15)19/h3-6,12-13,16,18H,2,7-9H2,1H3,(H2,15,19). The highest BCUT2D eigenvalue weighted by molar-refractivity contribution is 5.80. The Morgan fingerprint density at radius 1 is 1.53 bits per heavy atom. The first-order valence-electron chi connectivity index (χ1n) is 6.68. The molecule has 1 aromatic rings. The van der Waals surface area contributed by atoms with Gasteiger partial charge in [-0.3, -0.25) is 9.69 Å². The largest absolute Gasteiger partial charge is 0.508 e. The minimum Gasteiger partial charge on any atom is -0.508 e. The molecule has 0 spiro atoms. The van der Waals surface area contributed by atoms with Gasteiger partial charge in [-0.15, -0.1) is 0 Å². The second-order valence-electron chi connectivity index (χ2n) is 4.88. The van der Waals surface area contributed by atoms with E-state index in [4.69, 9.17) is 5.73 Å². The Kier molecular flexibility index (Phi) is 4.39. The monoisotopic (exact) mass is 263 g/mol. The van der Waals surface area contributed by atoms with Gasteiger partial charge in [0.05, 0.1) is 0 Å². The molecule has 1 saturated heterocycles. The molecule has 0 radical (unpaired) electrons. The van der Waals surface area contributed by atoms with E-state index in [-0.39, 0.29) is 23.7 Å². The van der Waals surface area contributed by atoms with Crippen molar-refractivity contribution in [3.05, 3.63) is 29.8 Å². The summed E-state index contributed by atoms with van der Waals surface area (Å²) in [5.41, 5.74) is 6.60. The molecule has 1 aliphatic rings. The van der Waals surface area contributed by atoms with Crippen molar-refractivity contribution in [2.24, 2.45) is 5.73 Å². The number of phenols is 1. The summed E-state index contributed by atoms with van der Waals surface area (Å²) in [6.45, 7) is 4.35. The molecule has 2 rings (SSSR count). The number of piperazine rings is 1. The fourth-order valence-corrected chi connectivity index (χ4v) is 2.72. The third kappa shape index (κ3) is 3.05. The number of nitrogens with one attached hydrogen (secondary N) is 1. The Labute approximate surface area is 113 Å². The summed E-state index contributed by atoms with van der Waals surface area (Å²) in [7, 11) is 0. The third-order valence-electron chi connectivity index (χ3n) is 3.68. The second-order valence-corrected chi connectivity index (χ2v) is 4.88. The number of benzene rings is 1. The van der Waals surface area contributed by atoms with Crippen LogP contribution in [0.2, 0.25) is 0 Å². The Bertz CT molecular complexity index is 433. The fourth-order valence-electron chi connectivity index (χ4n) is 2.72. The fraction of sp³-hybridized carbons (Fsp3) is 0.500. The average molecular weight is 263 g/mol. The van der Waals surface area contributed by atoms with E-state index < -0.39 is 0 Å². The number of hydrogen-bond acceptors (Lipinski definition) is 4. The number of primary amides is 1. The van der Waals surface area contributed by atoms with Gasteiger partial charge in [0.1, 0.15) is 11.8 Å². The van der Waals surface area contributed by atoms with E-state index in [2.05, 4.69) is 17.1 Å². The minimum atomic E-state index is -0.288. The van der Waals surface area contributed by atoms with Crippen LogP contribution in [-0.4, -0.2) is 41.6 Å². The van der Waals surface area contributed by atoms with E-state index in [0.29, 0.717) is 6.54 Å². The van der Waals surface area contributed by atoms with Gasteiger partial charge >= 0.3 is 0 Å². The number of aromatic hydroxyl groups is 1. The zero-order chi connectivity index (χ0) is 13.8. The van der Waals surface area contributed by atoms with Crippen LogP contribution in [-0.2, 0) is 4.79 Å². The molecule has 104 valence electrons. The number of amides is 1. The Hall–Kier alpha value is -1.59. The molecule has 5 heteroatoms. The molecular weight excluding hydrogens is 242 g/mol. The van der Waals surface area contributed by atoms with Crippen LogP contribution in [0, 0.1) is 0 Å². The lowest BCUT2D eigenvalue weighted by Gasteiger charge is -2.39. The molecule has 4 N–H and O–H groups in total. The van der Waals surface area contributed by atoms with Gasteiger partial charge in [-0.05, 0) is 24.1 Å². The lowest BCUT2D eigenvalue weighted by molar-refractivity contribution is -0.125. The molecule has 2 unspecified atom stereocenters. The van der Waals surface area contributed by atoms with Crippen molar-refractivity contribution in [1.82, 2.24) is 10.2 Å².